The van der Waals surface area contributed by atoms with Crippen LogP contribution in [0.25, 0.3) is 0 Å². The second-order valence-electron chi connectivity index (χ2n) is 12.4. The molecule has 0 aromatic heterocycles. The fourth-order valence-corrected chi connectivity index (χ4v) is 5.21. The fourth-order valence-electron chi connectivity index (χ4n) is 5.21. The SMILES string of the molecule is CC/C=C\C/C=C\C/C=C\C/C=C\C/C=C\C/C=C\CCC(=O)OC(CCCCC)CCCCCCCCCCCCCC(=O)O. The molecular formula is C42H70O4. The molecule has 1 N–H and O–H groups in total. The number of allylic oxidation sites excluding steroid dienone is 12. The van der Waals surface area contributed by atoms with Crippen molar-refractivity contribution < 1.29 is 19.4 Å². The Kier molecular flexibility index (Phi) is 34.7. The van der Waals surface area contributed by atoms with Crippen LogP contribution in [0, 0.1) is 0 Å². The third-order valence-electron chi connectivity index (χ3n) is 7.96. The Morgan fingerprint density at radius 3 is 1.33 bits per heavy atom. The van der Waals surface area contributed by atoms with Gasteiger partial charge in [-0.3, -0.25) is 9.59 Å². The molecule has 46 heavy (non-hydrogen) atoms. The molecule has 0 rings (SSSR count). The van der Waals surface area contributed by atoms with Gasteiger partial charge in [-0.05, 0) is 77.0 Å². The molecule has 0 aliphatic rings. The number of aliphatic carboxylic acids is 1. The van der Waals surface area contributed by atoms with E-state index in [0.29, 0.717) is 12.8 Å². The van der Waals surface area contributed by atoms with Crippen LogP contribution in [0.3, 0.4) is 0 Å². The van der Waals surface area contributed by atoms with E-state index in [1.807, 2.05) is 0 Å². The van der Waals surface area contributed by atoms with Gasteiger partial charge in [0.2, 0.25) is 0 Å². The quantitative estimate of drug-likeness (QED) is 0.0441. The molecule has 0 bridgehead atoms. The van der Waals surface area contributed by atoms with E-state index in [-0.39, 0.29) is 12.1 Å². The van der Waals surface area contributed by atoms with Crippen LogP contribution in [0.2, 0.25) is 0 Å². The number of hydrogen-bond donors (Lipinski definition) is 1. The minimum atomic E-state index is -0.678. The summed E-state index contributed by atoms with van der Waals surface area (Å²) in [5.74, 6) is -0.730. The van der Waals surface area contributed by atoms with Gasteiger partial charge in [0, 0.05) is 12.8 Å². The summed E-state index contributed by atoms with van der Waals surface area (Å²) in [6.07, 6.45) is 52.4. The molecule has 4 heteroatoms. The van der Waals surface area contributed by atoms with Crippen molar-refractivity contribution in [2.24, 2.45) is 0 Å². The van der Waals surface area contributed by atoms with E-state index in [4.69, 9.17) is 9.84 Å². The third kappa shape index (κ3) is 35.9. The highest BCUT2D eigenvalue weighted by atomic mass is 16.5. The largest absolute Gasteiger partial charge is 0.481 e. The van der Waals surface area contributed by atoms with Gasteiger partial charge < -0.3 is 9.84 Å². The third-order valence-corrected chi connectivity index (χ3v) is 7.96. The maximum atomic E-state index is 12.5. The van der Waals surface area contributed by atoms with Gasteiger partial charge in [-0.2, -0.15) is 0 Å². The second kappa shape index (κ2) is 36.8. The molecule has 0 spiro atoms. The number of ether oxygens (including phenoxy) is 1. The molecule has 4 nitrogen and oxygen atoms in total. The molecule has 0 aliphatic heterocycles. The first kappa shape index (κ1) is 43.4. The van der Waals surface area contributed by atoms with E-state index >= 15 is 0 Å². The maximum Gasteiger partial charge on any atom is 0.306 e. The zero-order valence-corrected chi connectivity index (χ0v) is 29.9. The summed E-state index contributed by atoms with van der Waals surface area (Å²) in [6, 6.07) is 0. The number of carbonyl (C=O) groups is 2. The molecule has 0 saturated heterocycles. The monoisotopic (exact) mass is 639 g/mol. The number of rotatable bonds is 33. The Morgan fingerprint density at radius 2 is 0.891 bits per heavy atom. The van der Waals surface area contributed by atoms with Gasteiger partial charge in [-0.1, -0.05) is 157 Å². The molecule has 0 aromatic carbocycles. The van der Waals surface area contributed by atoms with Crippen molar-refractivity contribution >= 4 is 11.9 Å². The van der Waals surface area contributed by atoms with Gasteiger partial charge >= 0.3 is 11.9 Å². The first-order valence-corrected chi connectivity index (χ1v) is 18.9. The predicted octanol–water partition coefficient (Wildman–Crippen LogP) is 13.1. The average molecular weight is 639 g/mol. The van der Waals surface area contributed by atoms with E-state index < -0.39 is 5.97 Å². The van der Waals surface area contributed by atoms with Crippen LogP contribution in [-0.2, 0) is 14.3 Å². The summed E-state index contributed by atoms with van der Waals surface area (Å²) in [5, 5.41) is 8.68. The molecule has 0 aromatic rings. The number of carboxylic acids is 1. The Morgan fingerprint density at radius 1 is 0.500 bits per heavy atom. The highest BCUT2D eigenvalue weighted by molar-refractivity contribution is 5.69. The summed E-state index contributed by atoms with van der Waals surface area (Å²) in [7, 11) is 0. The van der Waals surface area contributed by atoms with Crippen LogP contribution >= 0.6 is 0 Å². The molecule has 262 valence electrons. The lowest BCUT2D eigenvalue weighted by molar-refractivity contribution is -0.149. The van der Waals surface area contributed by atoms with Crippen LogP contribution in [0.5, 0.6) is 0 Å². The molecule has 0 radical (unpaired) electrons. The highest BCUT2D eigenvalue weighted by Gasteiger charge is 2.13. The number of carbonyl (C=O) groups excluding carboxylic acids is 1. The molecule has 0 fully saturated rings. The van der Waals surface area contributed by atoms with Crippen molar-refractivity contribution in [3.05, 3.63) is 72.9 Å². The zero-order chi connectivity index (χ0) is 33.6. The molecular weight excluding hydrogens is 568 g/mol. The van der Waals surface area contributed by atoms with Crippen LogP contribution < -0.4 is 0 Å². The number of unbranched alkanes of at least 4 members (excludes halogenated alkanes) is 12. The average Bonchev–Trinajstić information content (AvgIpc) is 3.04. The van der Waals surface area contributed by atoms with Gasteiger partial charge in [-0.15, -0.1) is 0 Å². The summed E-state index contributed by atoms with van der Waals surface area (Å²) in [6.45, 7) is 4.37. The predicted molar refractivity (Wildman–Crippen MR) is 199 cm³/mol. The Hall–Kier alpha value is -2.62. The van der Waals surface area contributed by atoms with Crippen molar-refractivity contribution in [1.29, 1.82) is 0 Å². The first-order valence-electron chi connectivity index (χ1n) is 18.9. The summed E-state index contributed by atoms with van der Waals surface area (Å²) >= 11 is 0. The van der Waals surface area contributed by atoms with Crippen LogP contribution in [0.15, 0.2) is 72.9 Å². The Labute approximate surface area is 284 Å². The molecule has 0 saturated carbocycles. The molecule has 0 amide bonds. The van der Waals surface area contributed by atoms with E-state index in [1.165, 1.54) is 57.8 Å². The van der Waals surface area contributed by atoms with Crippen molar-refractivity contribution in [2.75, 3.05) is 0 Å². The van der Waals surface area contributed by atoms with E-state index in [9.17, 15) is 9.59 Å². The number of carboxylic acid groups (broad SMARTS) is 1. The standard InChI is InChI=1S/C42H70O4/c1-3-5-7-8-9-10-11-12-13-14-15-16-17-18-22-25-28-31-35-39-42(45)46-40(36-32-6-4-2)37-33-29-26-23-20-19-21-24-27-30-34-38-41(43)44/h5,7,9-10,12-13,15-16,18,22,28,31,40H,3-4,6,8,11,14,17,19-21,23-27,29-30,32-39H2,1-2H3,(H,43,44)/b7-5-,10-9-,13-12-,16-15-,22-18-,31-28-. The number of esters is 1. The molecule has 0 heterocycles. The molecule has 1 unspecified atom stereocenters. The van der Waals surface area contributed by atoms with E-state index in [0.717, 1.165) is 89.9 Å². The topological polar surface area (TPSA) is 63.6 Å². The normalized spacial score (nSPS) is 13.1. The summed E-state index contributed by atoms with van der Waals surface area (Å²) < 4.78 is 5.91. The number of hydrogen-bond acceptors (Lipinski definition) is 3. The van der Waals surface area contributed by atoms with Gasteiger partial charge in [0.15, 0.2) is 0 Å². The van der Waals surface area contributed by atoms with Crippen molar-refractivity contribution in [3.8, 4) is 0 Å². The summed E-state index contributed by atoms with van der Waals surface area (Å²) in [4.78, 5) is 23.0. The molecule has 0 aliphatic carbocycles. The van der Waals surface area contributed by atoms with Gasteiger partial charge in [0.1, 0.15) is 6.10 Å². The highest BCUT2D eigenvalue weighted by Crippen LogP contribution is 2.17. The lowest BCUT2D eigenvalue weighted by Crippen LogP contribution is -2.18. The Bertz CT molecular complexity index is 861. The van der Waals surface area contributed by atoms with Gasteiger partial charge in [0.25, 0.3) is 0 Å². The first-order chi connectivity index (χ1) is 22.6. The molecule has 1 atom stereocenters. The van der Waals surface area contributed by atoms with Crippen LogP contribution in [0.4, 0.5) is 0 Å². The minimum Gasteiger partial charge on any atom is -0.481 e. The van der Waals surface area contributed by atoms with Crippen molar-refractivity contribution in [1.82, 2.24) is 0 Å². The Balaban J connectivity index is 3.92. The van der Waals surface area contributed by atoms with Crippen LogP contribution in [0.1, 0.15) is 174 Å². The maximum absolute atomic E-state index is 12.5. The zero-order valence-electron chi connectivity index (χ0n) is 29.9. The van der Waals surface area contributed by atoms with E-state index in [1.54, 1.807) is 0 Å². The minimum absolute atomic E-state index is 0.0519. The second-order valence-corrected chi connectivity index (χ2v) is 12.4. The van der Waals surface area contributed by atoms with Crippen LogP contribution in [-0.4, -0.2) is 23.1 Å². The lowest BCUT2D eigenvalue weighted by atomic mass is 10.0. The van der Waals surface area contributed by atoms with E-state index in [2.05, 4.69) is 86.8 Å². The van der Waals surface area contributed by atoms with Crippen molar-refractivity contribution in [2.45, 2.75) is 180 Å². The van der Waals surface area contributed by atoms with Gasteiger partial charge in [0.05, 0.1) is 0 Å². The smallest absolute Gasteiger partial charge is 0.306 e. The van der Waals surface area contributed by atoms with Gasteiger partial charge in [-0.25, -0.2) is 0 Å². The fraction of sp³-hybridized carbons (Fsp3) is 0.667. The van der Waals surface area contributed by atoms with Crippen molar-refractivity contribution in [3.63, 3.8) is 0 Å². The summed E-state index contributed by atoms with van der Waals surface area (Å²) in [5.41, 5.74) is 0. The lowest BCUT2D eigenvalue weighted by Gasteiger charge is -2.18.